The number of morpholine rings is 1. The second kappa shape index (κ2) is 6.90. The molecule has 0 saturated carbocycles. The zero-order valence-corrected chi connectivity index (χ0v) is 11.5. The SMILES string of the molecule is O=C(O)CCC1CCN(C(=O)N2CCOC(CO)C2)C1. The molecule has 2 amide bonds. The Morgan fingerprint density at radius 1 is 1.20 bits per heavy atom. The van der Waals surface area contributed by atoms with E-state index in [1.807, 2.05) is 0 Å². The quantitative estimate of drug-likeness (QED) is 0.758. The lowest BCUT2D eigenvalue weighted by atomic mass is 10.0. The molecule has 2 heterocycles. The van der Waals surface area contributed by atoms with Crippen molar-refractivity contribution in [2.75, 3.05) is 39.4 Å². The molecule has 2 atom stereocenters. The van der Waals surface area contributed by atoms with E-state index in [0.717, 1.165) is 6.42 Å². The molecule has 2 aliphatic rings. The van der Waals surface area contributed by atoms with Crippen molar-refractivity contribution >= 4 is 12.0 Å². The van der Waals surface area contributed by atoms with E-state index in [1.54, 1.807) is 9.80 Å². The number of hydrogen-bond donors (Lipinski definition) is 2. The Morgan fingerprint density at radius 3 is 2.65 bits per heavy atom. The number of amides is 2. The molecule has 2 unspecified atom stereocenters. The molecule has 7 heteroatoms. The Kier molecular flexibility index (Phi) is 5.19. The van der Waals surface area contributed by atoms with Crippen LogP contribution in [-0.2, 0) is 9.53 Å². The highest BCUT2D eigenvalue weighted by Crippen LogP contribution is 2.22. The Morgan fingerprint density at radius 2 is 1.95 bits per heavy atom. The van der Waals surface area contributed by atoms with E-state index < -0.39 is 5.97 Å². The van der Waals surface area contributed by atoms with Crippen molar-refractivity contribution in [3.05, 3.63) is 0 Å². The summed E-state index contributed by atoms with van der Waals surface area (Å²) in [4.78, 5) is 26.4. The molecular weight excluding hydrogens is 264 g/mol. The number of aliphatic hydroxyl groups is 1. The second-order valence-electron chi connectivity index (χ2n) is 5.44. The molecule has 2 fully saturated rings. The van der Waals surface area contributed by atoms with E-state index in [-0.39, 0.29) is 31.1 Å². The minimum Gasteiger partial charge on any atom is -0.481 e. The normalized spacial score (nSPS) is 26.9. The molecule has 114 valence electrons. The maximum Gasteiger partial charge on any atom is 0.320 e. The van der Waals surface area contributed by atoms with Crippen LogP contribution >= 0.6 is 0 Å². The fourth-order valence-electron chi connectivity index (χ4n) is 2.77. The highest BCUT2D eigenvalue weighted by Gasteiger charge is 2.32. The van der Waals surface area contributed by atoms with Crippen LogP contribution in [0.1, 0.15) is 19.3 Å². The lowest BCUT2D eigenvalue weighted by molar-refractivity contribution is -0.137. The van der Waals surface area contributed by atoms with E-state index >= 15 is 0 Å². The van der Waals surface area contributed by atoms with Crippen molar-refractivity contribution in [2.24, 2.45) is 5.92 Å². The van der Waals surface area contributed by atoms with Gasteiger partial charge in [-0.1, -0.05) is 0 Å². The average Bonchev–Trinajstić information content (AvgIpc) is 2.93. The highest BCUT2D eigenvalue weighted by molar-refractivity contribution is 5.75. The van der Waals surface area contributed by atoms with Gasteiger partial charge in [-0.15, -0.1) is 0 Å². The molecule has 2 aliphatic heterocycles. The Labute approximate surface area is 118 Å². The first-order valence-electron chi connectivity index (χ1n) is 7.08. The molecule has 0 bridgehead atoms. The minimum absolute atomic E-state index is 0.0235. The van der Waals surface area contributed by atoms with Crippen LogP contribution in [0.4, 0.5) is 4.79 Å². The number of likely N-dealkylation sites (tertiary alicyclic amines) is 1. The molecule has 2 N–H and O–H groups in total. The van der Waals surface area contributed by atoms with E-state index in [4.69, 9.17) is 14.9 Å². The Balaban J connectivity index is 1.80. The first-order valence-corrected chi connectivity index (χ1v) is 7.08. The van der Waals surface area contributed by atoms with Crippen LogP contribution in [-0.4, -0.2) is 77.5 Å². The van der Waals surface area contributed by atoms with Crippen LogP contribution in [0.15, 0.2) is 0 Å². The molecule has 0 radical (unpaired) electrons. The molecule has 7 nitrogen and oxygen atoms in total. The molecule has 0 aromatic carbocycles. The van der Waals surface area contributed by atoms with Crippen molar-refractivity contribution < 1.29 is 24.5 Å². The highest BCUT2D eigenvalue weighted by atomic mass is 16.5. The van der Waals surface area contributed by atoms with Crippen molar-refractivity contribution in [3.8, 4) is 0 Å². The van der Waals surface area contributed by atoms with Crippen molar-refractivity contribution in [3.63, 3.8) is 0 Å². The van der Waals surface area contributed by atoms with Gasteiger partial charge in [0.05, 0.1) is 25.9 Å². The van der Waals surface area contributed by atoms with E-state index in [2.05, 4.69) is 0 Å². The minimum atomic E-state index is -0.784. The predicted octanol–water partition coefficient (Wildman–Crippen LogP) is -0.0138. The van der Waals surface area contributed by atoms with Gasteiger partial charge in [-0.3, -0.25) is 4.79 Å². The van der Waals surface area contributed by atoms with Crippen LogP contribution in [0.2, 0.25) is 0 Å². The van der Waals surface area contributed by atoms with Gasteiger partial charge in [-0.05, 0) is 18.8 Å². The summed E-state index contributed by atoms with van der Waals surface area (Å²) >= 11 is 0. The molecule has 0 spiro atoms. The maximum absolute atomic E-state index is 12.3. The van der Waals surface area contributed by atoms with Crippen LogP contribution in [0, 0.1) is 5.92 Å². The summed E-state index contributed by atoms with van der Waals surface area (Å²) in [5.41, 5.74) is 0. The number of ether oxygens (including phenoxy) is 1. The number of carboxylic acids is 1. The summed E-state index contributed by atoms with van der Waals surface area (Å²) in [6.07, 6.45) is 1.36. The lowest BCUT2D eigenvalue weighted by Gasteiger charge is -2.34. The van der Waals surface area contributed by atoms with Gasteiger partial charge in [-0.2, -0.15) is 0 Å². The summed E-state index contributed by atoms with van der Waals surface area (Å²) in [5, 5.41) is 17.8. The molecule has 0 aliphatic carbocycles. The fourth-order valence-corrected chi connectivity index (χ4v) is 2.77. The molecular formula is C13H22N2O5. The van der Waals surface area contributed by atoms with E-state index in [9.17, 15) is 9.59 Å². The number of carbonyl (C=O) groups excluding carboxylic acids is 1. The zero-order valence-electron chi connectivity index (χ0n) is 11.5. The number of nitrogens with zero attached hydrogens (tertiary/aromatic N) is 2. The third-order valence-corrected chi connectivity index (χ3v) is 3.94. The van der Waals surface area contributed by atoms with Gasteiger partial charge in [0.1, 0.15) is 0 Å². The summed E-state index contributed by atoms with van der Waals surface area (Å²) < 4.78 is 5.33. The molecule has 0 aromatic rings. The number of rotatable bonds is 4. The summed E-state index contributed by atoms with van der Waals surface area (Å²) in [6.45, 7) is 2.66. The monoisotopic (exact) mass is 286 g/mol. The van der Waals surface area contributed by atoms with Gasteiger partial charge < -0.3 is 24.7 Å². The Bertz CT molecular complexity index is 363. The zero-order chi connectivity index (χ0) is 14.5. The van der Waals surface area contributed by atoms with Gasteiger partial charge in [0.25, 0.3) is 0 Å². The number of aliphatic carboxylic acids is 1. The number of urea groups is 1. The third-order valence-electron chi connectivity index (χ3n) is 3.94. The average molecular weight is 286 g/mol. The van der Waals surface area contributed by atoms with Crippen LogP contribution in [0.25, 0.3) is 0 Å². The summed E-state index contributed by atoms with van der Waals surface area (Å²) in [7, 11) is 0. The van der Waals surface area contributed by atoms with E-state index in [1.165, 1.54) is 0 Å². The van der Waals surface area contributed by atoms with Crippen molar-refractivity contribution in [1.82, 2.24) is 9.80 Å². The molecule has 20 heavy (non-hydrogen) atoms. The number of carbonyl (C=O) groups is 2. The standard InChI is InChI=1S/C13H22N2O5/c16-9-11-8-15(5-6-20-11)13(19)14-4-3-10(7-14)1-2-12(17)18/h10-11,16H,1-9H2,(H,17,18). The Hall–Kier alpha value is -1.34. The third kappa shape index (κ3) is 3.83. The van der Waals surface area contributed by atoms with Crippen LogP contribution in [0.3, 0.4) is 0 Å². The second-order valence-corrected chi connectivity index (χ2v) is 5.44. The maximum atomic E-state index is 12.3. The van der Waals surface area contributed by atoms with Gasteiger partial charge in [0.15, 0.2) is 0 Å². The number of carboxylic acid groups (broad SMARTS) is 1. The summed E-state index contributed by atoms with van der Waals surface area (Å²) in [6, 6.07) is -0.0235. The number of aliphatic hydroxyl groups excluding tert-OH is 1. The largest absolute Gasteiger partial charge is 0.481 e. The van der Waals surface area contributed by atoms with Crippen molar-refractivity contribution in [2.45, 2.75) is 25.4 Å². The first kappa shape index (κ1) is 15.1. The molecule has 2 saturated heterocycles. The predicted molar refractivity (Wildman–Crippen MR) is 70.3 cm³/mol. The van der Waals surface area contributed by atoms with Gasteiger partial charge >= 0.3 is 12.0 Å². The van der Waals surface area contributed by atoms with E-state index in [0.29, 0.717) is 39.2 Å². The lowest BCUT2D eigenvalue weighted by Crippen LogP contribution is -2.51. The van der Waals surface area contributed by atoms with Gasteiger partial charge in [0, 0.05) is 26.1 Å². The van der Waals surface area contributed by atoms with Gasteiger partial charge in [0.2, 0.25) is 0 Å². The molecule has 0 aromatic heterocycles. The first-order chi connectivity index (χ1) is 9.60. The van der Waals surface area contributed by atoms with Crippen LogP contribution in [0.5, 0.6) is 0 Å². The smallest absolute Gasteiger partial charge is 0.320 e. The molecule has 2 rings (SSSR count). The summed E-state index contributed by atoms with van der Waals surface area (Å²) in [5.74, 6) is -0.501. The fraction of sp³-hybridized carbons (Fsp3) is 0.846. The number of hydrogen-bond acceptors (Lipinski definition) is 4. The topological polar surface area (TPSA) is 90.3 Å². The van der Waals surface area contributed by atoms with Crippen LogP contribution < -0.4 is 0 Å². The van der Waals surface area contributed by atoms with Gasteiger partial charge in [-0.25, -0.2) is 4.79 Å². The van der Waals surface area contributed by atoms with Crippen molar-refractivity contribution in [1.29, 1.82) is 0 Å².